The molecule has 0 aromatic carbocycles. The number of unbranched alkanes of at least 4 members (excludes halogenated alkanes) is 1. The maximum absolute atomic E-state index is 12.1. The van der Waals surface area contributed by atoms with Crippen LogP contribution in [0.25, 0.3) is 0 Å². The normalized spacial score (nSPS) is 12.6. The summed E-state index contributed by atoms with van der Waals surface area (Å²) in [4.78, 5) is 3.45. The molecule has 1 aromatic heterocycles. The molecule has 1 aromatic rings. The smallest absolute Gasteiger partial charge is 0.241 e. The quantitative estimate of drug-likeness (QED) is 0.702. The van der Waals surface area contributed by atoms with Crippen LogP contribution in [0.5, 0.6) is 0 Å². The highest BCUT2D eigenvalue weighted by atomic mass is 79.9. The summed E-state index contributed by atoms with van der Waals surface area (Å²) in [6.45, 7) is 7.60. The lowest BCUT2D eigenvalue weighted by Crippen LogP contribution is -2.29. The van der Waals surface area contributed by atoms with Gasteiger partial charge in [-0.1, -0.05) is 0 Å². The fourth-order valence-corrected chi connectivity index (χ4v) is 5.21. The number of hydrogen-bond acceptors (Lipinski definition) is 4. The summed E-state index contributed by atoms with van der Waals surface area (Å²) in [5.74, 6) is 0. The van der Waals surface area contributed by atoms with E-state index in [4.69, 9.17) is 0 Å². The zero-order chi connectivity index (χ0) is 15.3. The zero-order valence-corrected chi connectivity index (χ0v) is 15.7. The van der Waals surface area contributed by atoms with Crippen LogP contribution in [0, 0.1) is 6.92 Å². The number of thiophene rings is 1. The lowest BCUT2D eigenvalue weighted by atomic mass is 10.2. The fourth-order valence-electron chi connectivity index (χ4n) is 1.73. The van der Waals surface area contributed by atoms with Crippen LogP contribution in [0.1, 0.15) is 31.6 Å². The van der Waals surface area contributed by atoms with Gasteiger partial charge in [-0.15, -0.1) is 11.3 Å². The minimum Gasteiger partial charge on any atom is -0.304 e. The molecule has 1 rings (SSSR count). The average Bonchev–Trinajstić information content (AvgIpc) is 2.68. The van der Waals surface area contributed by atoms with E-state index in [2.05, 4.69) is 46.4 Å². The van der Waals surface area contributed by atoms with E-state index in [1.54, 1.807) is 6.07 Å². The molecule has 0 aliphatic heterocycles. The number of aryl methyl sites for hydroxylation is 1. The highest BCUT2D eigenvalue weighted by Crippen LogP contribution is 2.29. The monoisotopic (exact) mass is 382 g/mol. The fraction of sp³-hybridized carbons (Fsp3) is 0.692. The number of nitrogens with zero attached hydrogens (tertiary/aromatic N) is 1. The van der Waals surface area contributed by atoms with Gasteiger partial charge in [-0.2, -0.15) is 0 Å². The van der Waals surface area contributed by atoms with Crippen LogP contribution < -0.4 is 4.72 Å². The van der Waals surface area contributed by atoms with Crippen molar-refractivity contribution < 1.29 is 8.42 Å². The van der Waals surface area contributed by atoms with Gasteiger partial charge in [-0.25, -0.2) is 13.1 Å². The Morgan fingerprint density at radius 3 is 2.55 bits per heavy atom. The minimum absolute atomic E-state index is 0.383. The molecule has 0 radical (unpaired) electrons. The van der Waals surface area contributed by atoms with Gasteiger partial charge < -0.3 is 4.90 Å². The van der Waals surface area contributed by atoms with Crippen molar-refractivity contribution in [3.8, 4) is 0 Å². The first-order valence-corrected chi connectivity index (χ1v) is 9.79. The zero-order valence-electron chi connectivity index (χ0n) is 12.4. The van der Waals surface area contributed by atoms with E-state index in [1.807, 2.05) is 6.92 Å². The molecular weight excluding hydrogens is 360 g/mol. The van der Waals surface area contributed by atoms with Gasteiger partial charge in [-0.3, -0.25) is 0 Å². The van der Waals surface area contributed by atoms with Gasteiger partial charge in [0.2, 0.25) is 10.0 Å². The molecule has 0 saturated heterocycles. The van der Waals surface area contributed by atoms with Crippen molar-refractivity contribution in [1.82, 2.24) is 9.62 Å². The van der Waals surface area contributed by atoms with Crippen LogP contribution >= 0.6 is 27.3 Å². The first kappa shape index (κ1) is 18.1. The van der Waals surface area contributed by atoms with Crippen molar-refractivity contribution in [3.05, 3.63) is 14.7 Å². The van der Waals surface area contributed by atoms with Crippen molar-refractivity contribution in [2.45, 2.75) is 44.6 Å². The maximum Gasteiger partial charge on any atom is 0.241 e. The Hall–Kier alpha value is 0.0500. The van der Waals surface area contributed by atoms with Gasteiger partial charge in [0.1, 0.15) is 0 Å². The molecule has 1 heterocycles. The van der Waals surface area contributed by atoms with Gasteiger partial charge in [-0.05, 0) is 69.2 Å². The third kappa shape index (κ3) is 5.44. The lowest BCUT2D eigenvalue weighted by molar-refractivity contribution is 0.268. The molecule has 0 unspecified atom stereocenters. The van der Waals surface area contributed by atoms with E-state index in [0.717, 1.165) is 28.0 Å². The van der Waals surface area contributed by atoms with Gasteiger partial charge in [0.05, 0.1) is 8.68 Å². The molecule has 0 fully saturated rings. The molecule has 0 aliphatic carbocycles. The summed E-state index contributed by atoms with van der Waals surface area (Å²) in [6, 6.07) is 2.19. The summed E-state index contributed by atoms with van der Waals surface area (Å²) in [5, 5.41) is 0. The van der Waals surface area contributed by atoms with Crippen molar-refractivity contribution >= 4 is 37.3 Å². The Morgan fingerprint density at radius 2 is 2.05 bits per heavy atom. The summed E-state index contributed by atoms with van der Waals surface area (Å²) < 4.78 is 27.8. The van der Waals surface area contributed by atoms with E-state index in [1.165, 1.54) is 11.3 Å². The topological polar surface area (TPSA) is 49.4 Å². The van der Waals surface area contributed by atoms with E-state index < -0.39 is 10.0 Å². The Labute approximate surface area is 134 Å². The van der Waals surface area contributed by atoms with Crippen LogP contribution in [0.3, 0.4) is 0 Å². The molecule has 0 amide bonds. The molecule has 1 N–H and O–H groups in total. The van der Waals surface area contributed by atoms with E-state index in [0.29, 0.717) is 17.5 Å². The summed E-state index contributed by atoms with van der Waals surface area (Å²) in [6.07, 6.45) is 1.84. The van der Waals surface area contributed by atoms with Crippen molar-refractivity contribution in [3.63, 3.8) is 0 Å². The molecule has 20 heavy (non-hydrogen) atoms. The SMILES string of the molecule is Cc1sc(Br)cc1S(=O)(=O)NCCCCN(C)C(C)C. The standard InChI is InChI=1S/C13H23BrN2O2S2/c1-10(2)16(4)8-6-5-7-15-20(17,18)12-9-13(14)19-11(12)3/h9-10,15H,5-8H2,1-4H3. The molecule has 0 spiro atoms. The molecule has 7 heteroatoms. The van der Waals surface area contributed by atoms with Crippen LogP contribution in [0.2, 0.25) is 0 Å². The lowest BCUT2D eigenvalue weighted by Gasteiger charge is -2.20. The highest BCUT2D eigenvalue weighted by Gasteiger charge is 2.18. The molecular formula is C13H23BrN2O2S2. The van der Waals surface area contributed by atoms with Crippen LogP contribution in [0.15, 0.2) is 14.7 Å². The predicted octanol–water partition coefficient (Wildman–Crippen LogP) is 3.22. The molecule has 4 nitrogen and oxygen atoms in total. The van der Waals surface area contributed by atoms with Crippen molar-refractivity contribution in [2.75, 3.05) is 20.1 Å². The van der Waals surface area contributed by atoms with Gasteiger partial charge >= 0.3 is 0 Å². The third-order valence-corrected chi connectivity index (χ3v) is 6.51. The minimum atomic E-state index is -3.37. The Kier molecular flexibility index (Phi) is 7.14. The number of rotatable bonds is 8. The predicted molar refractivity (Wildman–Crippen MR) is 88.9 cm³/mol. The second-order valence-corrected chi connectivity index (χ2v) is 9.52. The first-order valence-electron chi connectivity index (χ1n) is 6.70. The second-order valence-electron chi connectivity index (χ2n) is 5.15. The summed E-state index contributed by atoms with van der Waals surface area (Å²) in [5.41, 5.74) is 0. The number of sulfonamides is 1. The number of hydrogen-bond donors (Lipinski definition) is 1. The van der Waals surface area contributed by atoms with Crippen LogP contribution in [-0.2, 0) is 10.0 Å². The summed E-state index contributed by atoms with van der Waals surface area (Å²) >= 11 is 4.76. The third-order valence-electron chi connectivity index (χ3n) is 3.24. The Balaban J connectivity index is 2.40. The molecule has 0 bridgehead atoms. The van der Waals surface area contributed by atoms with E-state index in [9.17, 15) is 8.42 Å². The highest BCUT2D eigenvalue weighted by molar-refractivity contribution is 9.11. The summed E-state index contributed by atoms with van der Waals surface area (Å²) in [7, 11) is -1.29. The van der Waals surface area contributed by atoms with E-state index >= 15 is 0 Å². The molecule has 116 valence electrons. The van der Waals surface area contributed by atoms with Crippen LogP contribution in [0.4, 0.5) is 0 Å². The Morgan fingerprint density at radius 1 is 1.40 bits per heavy atom. The van der Waals surface area contributed by atoms with E-state index in [-0.39, 0.29) is 0 Å². The van der Waals surface area contributed by atoms with Gasteiger partial charge in [0.15, 0.2) is 0 Å². The maximum atomic E-state index is 12.1. The van der Waals surface area contributed by atoms with Crippen molar-refractivity contribution in [2.24, 2.45) is 0 Å². The van der Waals surface area contributed by atoms with Gasteiger partial charge in [0.25, 0.3) is 0 Å². The number of halogens is 1. The molecule has 0 atom stereocenters. The second kappa shape index (κ2) is 7.89. The molecule has 0 saturated carbocycles. The van der Waals surface area contributed by atoms with Gasteiger partial charge in [0, 0.05) is 17.5 Å². The number of nitrogens with one attached hydrogen (secondary N) is 1. The largest absolute Gasteiger partial charge is 0.304 e. The Bertz CT molecular complexity index is 526. The van der Waals surface area contributed by atoms with Crippen LogP contribution in [-0.4, -0.2) is 39.5 Å². The molecule has 0 aliphatic rings. The first-order chi connectivity index (χ1) is 9.24. The van der Waals surface area contributed by atoms with Crippen molar-refractivity contribution in [1.29, 1.82) is 0 Å². The average molecular weight is 383 g/mol.